The fourth-order valence-corrected chi connectivity index (χ4v) is 2.51. The van der Waals surface area contributed by atoms with Crippen molar-refractivity contribution in [1.82, 2.24) is 10.3 Å². The van der Waals surface area contributed by atoms with Crippen LogP contribution < -0.4 is 10.1 Å². The van der Waals surface area contributed by atoms with Gasteiger partial charge in [-0.05, 0) is 44.9 Å². The van der Waals surface area contributed by atoms with Crippen LogP contribution in [0.4, 0.5) is 0 Å². The van der Waals surface area contributed by atoms with E-state index < -0.39 is 0 Å². The van der Waals surface area contributed by atoms with Gasteiger partial charge in [0.1, 0.15) is 0 Å². The number of carbonyl (C=O) groups excluding carboxylic acids is 2. The number of nitrogens with zero attached hydrogens (tertiary/aromatic N) is 1. The topological polar surface area (TPSA) is 68.3 Å². The normalized spacial score (nSPS) is 10.7. The molecule has 0 unspecified atom stereocenters. The number of aromatic nitrogens is 1. The standard InChI is InChI=1S/C21H26N2O3/c1-14(2)26-21-10-7-17(13-23-21)12-22-20(25)9-8-19(24)18-11-15(3)5-6-16(18)4/h5-7,10-11,13-14H,8-9,12H2,1-4H3,(H,22,25). The summed E-state index contributed by atoms with van der Waals surface area (Å²) in [5, 5.41) is 2.82. The molecule has 0 spiro atoms. The van der Waals surface area contributed by atoms with Gasteiger partial charge in [-0.15, -0.1) is 0 Å². The van der Waals surface area contributed by atoms with Crippen molar-refractivity contribution in [3.8, 4) is 5.88 Å². The van der Waals surface area contributed by atoms with E-state index in [4.69, 9.17) is 4.74 Å². The first-order valence-corrected chi connectivity index (χ1v) is 8.84. The van der Waals surface area contributed by atoms with Crippen molar-refractivity contribution in [2.45, 2.75) is 53.2 Å². The molecule has 1 N–H and O–H groups in total. The predicted octanol–water partition coefficient (Wildman–Crippen LogP) is 3.76. The number of pyridine rings is 1. The van der Waals surface area contributed by atoms with E-state index in [1.165, 1.54) is 0 Å². The molecule has 0 bridgehead atoms. The van der Waals surface area contributed by atoms with Crippen molar-refractivity contribution in [1.29, 1.82) is 0 Å². The average molecular weight is 354 g/mol. The summed E-state index contributed by atoms with van der Waals surface area (Å²) in [5.41, 5.74) is 3.56. The van der Waals surface area contributed by atoms with Crippen molar-refractivity contribution in [2.24, 2.45) is 0 Å². The summed E-state index contributed by atoms with van der Waals surface area (Å²) < 4.78 is 5.48. The molecule has 2 rings (SSSR count). The van der Waals surface area contributed by atoms with Crippen LogP contribution in [0.1, 0.15) is 53.7 Å². The van der Waals surface area contributed by atoms with Crippen LogP contribution in [0.2, 0.25) is 0 Å². The van der Waals surface area contributed by atoms with Gasteiger partial charge in [-0.1, -0.05) is 23.8 Å². The van der Waals surface area contributed by atoms with Gasteiger partial charge in [-0.2, -0.15) is 0 Å². The number of amides is 1. The van der Waals surface area contributed by atoms with E-state index >= 15 is 0 Å². The Morgan fingerprint density at radius 2 is 1.88 bits per heavy atom. The predicted molar refractivity (Wildman–Crippen MR) is 101 cm³/mol. The third-order valence-electron chi connectivity index (χ3n) is 3.92. The van der Waals surface area contributed by atoms with Gasteiger partial charge in [0.25, 0.3) is 0 Å². The zero-order valence-electron chi connectivity index (χ0n) is 15.8. The molecule has 2 aromatic rings. The van der Waals surface area contributed by atoms with Gasteiger partial charge in [-0.25, -0.2) is 4.98 Å². The van der Waals surface area contributed by atoms with E-state index in [1.807, 2.05) is 52.0 Å². The highest BCUT2D eigenvalue weighted by Gasteiger charge is 2.12. The molecular weight excluding hydrogens is 328 g/mol. The van der Waals surface area contributed by atoms with Crippen LogP contribution in [0.5, 0.6) is 5.88 Å². The molecule has 0 saturated heterocycles. The maximum Gasteiger partial charge on any atom is 0.220 e. The zero-order chi connectivity index (χ0) is 19.1. The Kier molecular flexibility index (Phi) is 6.89. The van der Waals surface area contributed by atoms with Gasteiger partial charge in [0.2, 0.25) is 11.8 Å². The molecule has 0 fully saturated rings. The molecule has 138 valence electrons. The molecule has 0 saturated carbocycles. The molecule has 0 radical (unpaired) electrons. The lowest BCUT2D eigenvalue weighted by atomic mass is 9.99. The number of ether oxygens (including phenoxy) is 1. The Morgan fingerprint density at radius 3 is 2.54 bits per heavy atom. The molecule has 0 aliphatic heterocycles. The summed E-state index contributed by atoms with van der Waals surface area (Å²) in [4.78, 5) is 28.5. The molecule has 26 heavy (non-hydrogen) atoms. The molecule has 5 heteroatoms. The fourth-order valence-electron chi connectivity index (χ4n) is 2.51. The smallest absolute Gasteiger partial charge is 0.220 e. The van der Waals surface area contributed by atoms with Crippen molar-refractivity contribution in [3.05, 3.63) is 58.8 Å². The summed E-state index contributed by atoms with van der Waals surface area (Å²) in [6, 6.07) is 9.44. The number of ketones is 1. The highest BCUT2D eigenvalue weighted by atomic mass is 16.5. The second-order valence-corrected chi connectivity index (χ2v) is 6.69. The number of aryl methyl sites for hydroxylation is 2. The SMILES string of the molecule is Cc1ccc(C)c(C(=O)CCC(=O)NCc2ccc(OC(C)C)nc2)c1. The second kappa shape index (κ2) is 9.13. The van der Waals surface area contributed by atoms with Gasteiger partial charge < -0.3 is 10.1 Å². The highest BCUT2D eigenvalue weighted by Crippen LogP contribution is 2.14. The number of Topliss-reactive ketones (excluding diaryl/α,β-unsaturated/α-hetero) is 1. The Labute approximate surface area is 154 Å². The molecule has 5 nitrogen and oxygen atoms in total. The van der Waals surface area contributed by atoms with Gasteiger partial charge in [-0.3, -0.25) is 9.59 Å². The monoisotopic (exact) mass is 354 g/mol. The minimum atomic E-state index is -0.147. The van der Waals surface area contributed by atoms with Crippen LogP contribution in [0.15, 0.2) is 36.5 Å². The van der Waals surface area contributed by atoms with Gasteiger partial charge in [0.15, 0.2) is 5.78 Å². The second-order valence-electron chi connectivity index (χ2n) is 6.69. The molecule has 0 aliphatic rings. The lowest BCUT2D eigenvalue weighted by Gasteiger charge is -2.09. The molecule has 0 aliphatic carbocycles. The summed E-state index contributed by atoms with van der Waals surface area (Å²) >= 11 is 0. The molecule has 0 atom stereocenters. The van der Waals surface area contributed by atoms with E-state index in [2.05, 4.69) is 10.3 Å². The summed E-state index contributed by atoms with van der Waals surface area (Å²) in [5.74, 6) is 0.415. The molecule has 1 amide bonds. The lowest BCUT2D eigenvalue weighted by molar-refractivity contribution is -0.121. The maximum atomic E-state index is 12.3. The van der Waals surface area contributed by atoms with Crippen LogP contribution in [0, 0.1) is 13.8 Å². The lowest BCUT2D eigenvalue weighted by Crippen LogP contribution is -2.23. The number of carbonyl (C=O) groups is 2. The summed E-state index contributed by atoms with van der Waals surface area (Å²) in [6.45, 7) is 8.12. The van der Waals surface area contributed by atoms with Crippen LogP contribution in [0.25, 0.3) is 0 Å². The third kappa shape index (κ3) is 5.99. The number of hydrogen-bond acceptors (Lipinski definition) is 4. The van der Waals surface area contributed by atoms with E-state index in [1.54, 1.807) is 12.3 Å². The Balaban J connectivity index is 1.80. The van der Waals surface area contributed by atoms with Crippen molar-refractivity contribution in [3.63, 3.8) is 0 Å². The fraction of sp³-hybridized carbons (Fsp3) is 0.381. The van der Waals surface area contributed by atoms with Crippen LogP contribution in [-0.4, -0.2) is 22.8 Å². The Morgan fingerprint density at radius 1 is 1.12 bits per heavy atom. The van der Waals surface area contributed by atoms with Gasteiger partial charge >= 0.3 is 0 Å². The number of nitrogens with one attached hydrogen (secondary N) is 1. The molecule has 1 aromatic heterocycles. The van der Waals surface area contributed by atoms with Gasteiger partial charge in [0, 0.05) is 37.2 Å². The first-order valence-electron chi connectivity index (χ1n) is 8.84. The minimum Gasteiger partial charge on any atom is -0.475 e. The first kappa shape index (κ1) is 19.6. The largest absolute Gasteiger partial charge is 0.475 e. The van der Waals surface area contributed by atoms with Gasteiger partial charge in [0.05, 0.1) is 6.10 Å². The van der Waals surface area contributed by atoms with E-state index in [0.29, 0.717) is 18.0 Å². The van der Waals surface area contributed by atoms with Crippen molar-refractivity contribution >= 4 is 11.7 Å². The zero-order valence-corrected chi connectivity index (χ0v) is 15.8. The molecular formula is C21H26N2O3. The molecule has 1 aromatic carbocycles. The molecule has 1 heterocycles. The van der Waals surface area contributed by atoms with E-state index in [9.17, 15) is 9.59 Å². The number of benzene rings is 1. The van der Waals surface area contributed by atoms with E-state index in [-0.39, 0.29) is 30.6 Å². The summed E-state index contributed by atoms with van der Waals surface area (Å²) in [6.07, 6.45) is 2.13. The van der Waals surface area contributed by atoms with Crippen LogP contribution in [-0.2, 0) is 11.3 Å². The quantitative estimate of drug-likeness (QED) is 0.733. The highest BCUT2D eigenvalue weighted by molar-refractivity contribution is 5.99. The first-order chi connectivity index (χ1) is 12.3. The average Bonchev–Trinajstić information content (AvgIpc) is 2.60. The maximum absolute atomic E-state index is 12.3. The van der Waals surface area contributed by atoms with E-state index in [0.717, 1.165) is 16.7 Å². The van der Waals surface area contributed by atoms with Crippen LogP contribution in [0.3, 0.4) is 0 Å². The number of rotatable bonds is 8. The summed E-state index contributed by atoms with van der Waals surface area (Å²) in [7, 11) is 0. The third-order valence-corrected chi connectivity index (χ3v) is 3.92. The minimum absolute atomic E-state index is 0.00166. The van der Waals surface area contributed by atoms with Crippen LogP contribution >= 0.6 is 0 Å². The number of hydrogen-bond donors (Lipinski definition) is 1. The Hall–Kier alpha value is -2.69. The van der Waals surface area contributed by atoms with Crippen molar-refractivity contribution < 1.29 is 14.3 Å². The van der Waals surface area contributed by atoms with Crippen molar-refractivity contribution in [2.75, 3.05) is 0 Å². The Bertz CT molecular complexity index is 767.